The number of hydrogen-bond donors (Lipinski definition) is 1. The summed E-state index contributed by atoms with van der Waals surface area (Å²) in [6.45, 7) is 6.01. The number of nitrogens with zero attached hydrogens (tertiary/aromatic N) is 3. The number of piperazine rings is 1. The number of pyridine rings is 1. The molecule has 0 bridgehead atoms. The zero-order chi connectivity index (χ0) is 11.5. The number of anilines is 1. The molecule has 0 radical (unpaired) electrons. The molecule has 4 nitrogen and oxygen atoms in total. The quantitative estimate of drug-likeness (QED) is 0.796. The van der Waals surface area contributed by atoms with Crippen molar-refractivity contribution >= 4 is 5.69 Å². The van der Waals surface area contributed by atoms with Crippen LogP contribution in [-0.2, 0) is 6.54 Å². The number of rotatable bonds is 2. The zero-order valence-electron chi connectivity index (χ0n) is 10.1. The van der Waals surface area contributed by atoms with Crippen LogP contribution in [0.15, 0.2) is 18.3 Å². The van der Waals surface area contributed by atoms with Crippen LogP contribution in [0.25, 0.3) is 0 Å². The topological polar surface area (TPSA) is 45.4 Å². The molecule has 2 rings (SSSR count). The SMILES string of the molecule is CC1CN(C)CCN1c1cccnc1CN. The van der Waals surface area contributed by atoms with Crippen LogP contribution in [0.5, 0.6) is 0 Å². The predicted molar refractivity (Wildman–Crippen MR) is 66.4 cm³/mol. The van der Waals surface area contributed by atoms with E-state index in [-0.39, 0.29) is 0 Å². The Morgan fingerprint density at radius 2 is 2.31 bits per heavy atom. The van der Waals surface area contributed by atoms with E-state index >= 15 is 0 Å². The summed E-state index contributed by atoms with van der Waals surface area (Å²) in [6, 6.07) is 4.63. The van der Waals surface area contributed by atoms with Gasteiger partial charge in [-0.1, -0.05) is 0 Å². The van der Waals surface area contributed by atoms with Gasteiger partial charge < -0.3 is 15.5 Å². The Balaban J connectivity index is 2.23. The summed E-state index contributed by atoms with van der Waals surface area (Å²) in [5.74, 6) is 0. The fraction of sp³-hybridized carbons (Fsp3) is 0.583. The molecule has 2 N–H and O–H groups in total. The van der Waals surface area contributed by atoms with E-state index in [1.165, 1.54) is 5.69 Å². The molecule has 1 aromatic heterocycles. The fourth-order valence-electron chi connectivity index (χ4n) is 2.35. The lowest BCUT2D eigenvalue weighted by molar-refractivity contribution is 0.275. The number of hydrogen-bond acceptors (Lipinski definition) is 4. The molecule has 1 aliphatic heterocycles. The van der Waals surface area contributed by atoms with Crippen molar-refractivity contribution in [3.63, 3.8) is 0 Å². The molecule has 0 spiro atoms. The van der Waals surface area contributed by atoms with Crippen LogP contribution in [0.3, 0.4) is 0 Å². The van der Waals surface area contributed by atoms with E-state index in [0.717, 1.165) is 25.3 Å². The number of aromatic nitrogens is 1. The smallest absolute Gasteiger partial charge is 0.0772 e. The van der Waals surface area contributed by atoms with Crippen molar-refractivity contribution in [2.24, 2.45) is 5.73 Å². The molecule has 0 saturated carbocycles. The van der Waals surface area contributed by atoms with Gasteiger partial charge in [0.2, 0.25) is 0 Å². The molecule has 1 fully saturated rings. The van der Waals surface area contributed by atoms with E-state index in [1.807, 2.05) is 12.3 Å². The fourth-order valence-corrected chi connectivity index (χ4v) is 2.35. The van der Waals surface area contributed by atoms with Crippen LogP contribution in [0, 0.1) is 0 Å². The normalized spacial score (nSPS) is 22.4. The van der Waals surface area contributed by atoms with E-state index < -0.39 is 0 Å². The van der Waals surface area contributed by atoms with Crippen molar-refractivity contribution < 1.29 is 0 Å². The summed E-state index contributed by atoms with van der Waals surface area (Å²) in [5, 5.41) is 0. The van der Waals surface area contributed by atoms with E-state index in [0.29, 0.717) is 12.6 Å². The van der Waals surface area contributed by atoms with Crippen molar-refractivity contribution in [3.05, 3.63) is 24.0 Å². The maximum Gasteiger partial charge on any atom is 0.0772 e. The first-order chi connectivity index (χ1) is 7.72. The van der Waals surface area contributed by atoms with Crippen LogP contribution >= 0.6 is 0 Å². The summed E-state index contributed by atoms with van der Waals surface area (Å²) < 4.78 is 0. The monoisotopic (exact) mass is 220 g/mol. The van der Waals surface area contributed by atoms with E-state index in [2.05, 4.69) is 34.8 Å². The first kappa shape index (κ1) is 11.4. The first-order valence-electron chi connectivity index (χ1n) is 5.81. The maximum atomic E-state index is 5.73. The molecule has 4 heteroatoms. The van der Waals surface area contributed by atoms with Gasteiger partial charge in [0, 0.05) is 38.4 Å². The molecule has 1 atom stereocenters. The molecule has 1 aliphatic rings. The molecule has 0 aromatic carbocycles. The van der Waals surface area contributed by atoms with Gasteiger partial charge in [0.15, 0.2) is 0 Å². The van der Waals surface area contributed by atoms with Gasteiger partial charge in [0.25, 0.3) is 0 Å². The Morgan fingerprint density at radius 1 is 1.50 bits per heavy atom. The minimum Gasteiger partial charge on any atom is -0.365 e. The first-order valence-corrected chi connectivity index (χ1v) is 5.81. The van der Waals surface area contributed by atoms with Crippen molar-refractivity contribution in [3.8, 4) is 0 Å². The Morgan fingerprint density at radius 3 is 3.00 bits per heavy atom. The van der Waals surface area contributed by atoms with Crippen LogP contribution in [0.4, 0.5) is 5.69 Å². The van der Waals surface area contributed by atoms with E-state index in [9.17, 15) is 0 Å². The van der Waals surface area contributed by atoms with Crippen LogP contribution in [-0.4, -0.2) is 42.6 Å². The highest BCUT2D eigenvalue weighted by molar-refractivity contribution is 5.51. The van der Waals surface area contributed by atoms with Crippen LogP contribution < -0.4 is 10.6 Å². The van der Waals surface area contributed by atoms with Crippen molar-refractivity contribution in [2.75, 3.05) is 31.6 Å². The Hall–Kier alpha value is -1.13. The van der Waals surface area contributed by atoms with Crippen LogP contribution in [0.1, 0.15) is 12.6 Å². The Labute approximate surface area is 97.1 Å². The highest BCUT2D eigenvalue weighted by Crippen LogP contribution is 2.22. The van der Waals surface area contributed by atoms with Gasteiger partial charge in [-0.05, 0) is 26.1 Å². The standard InChI is InChI=1S/C12H20N4/c1-10-9-15(2)6-7-16(10)12-4-3-5-14-11(12)8-13/h3-5,10H,6-9,13H2,1-2H3. The Bertz CT molecular complexity index is 353. The summed E-state index contributed by atoms with van der Waals surface area (Å²) in [7, 11) is 2.17. The molecule has 88 valence electrons. The third-order valence-corrected chi connectivity index (χ3v) is 3.20. The molecule has 16 heavy (non-hydrogen) atoms. The van der Waals surface area contributed by atoms with Gasteiger partial charge in [-0.3, -0.25) is 4.98 Å². The lowest BCUT2D eigenvalue weighted by Gasteiger charge is -2.40. The van der Waals surface area contributed by atoms with E-state index in [1.54, 1.807) is 0 Å². The molecule has 0 aliphatic carbocycles. The van der Waals surface area contributed by atoms with Gasteiger partial charge in [-0.25, -0.2) is 0 Å². The minimum absolute atomic E-state index is 0.509. The summed E-state index contributed by atoms with van der Waals surface area (Å²) in [6.07, 6.45) is 1.81. The molecule has 2 heterocycles. The largest absolute Gasteiger partial charge is 0.365 e. The number of nitrogens with two attached hydrogens (primary N) is 1. The van der Waals surface area contributed by atoms with Gasteiger partial charge >= 0.3 is 0 Å². The highest BCUT2D eigenvalue weighted by atomic mass is 15.3. The number of likely N-dealkylation sites (N-methyl/N-ethyl adjacent to an activating group) is 1. The predicted octanol–water partition coefficient (Wildman–Crippen LogP) is 0.681. The highest BCUT2D eigenvalue weighted by Gasteiger charge is 2.23. The van der Waals surface area contributed by atoms with Gasteiger partial charge in [-0.2, -0.15) is 0 Å². The second-order valence-electron chi connectivity index (χ2n) is 4.48. The summed E-state index contributed by atoms with van der Waals surface area (Å²) >= 11 is 0. The van der Waals surface area contributed by atoms with Crippen molar-refractivity contribution in [2.45, 2.75) is 19.5 Å². The van der Waals surface area contributed by atoms with Gasteiger partial charge in [-0.15, -0.1) is 0 Å². The molecular weight excluding hydrogens is 200 g/mol. The summed E-state index contributed by atoms with van der Waals surface area (Å²) in [5.41, 5.74) is 7.93. The maximum absolute atomic E-state index is 5.73. The summed E-state index contributed by atoms with van der Waals surface area (Å²) in [4.78, 5) is 9.12. The average Bonchev–Trinajstić information content (AvgIpc) is 2.29. The van der Waals surface area contributed by atoms with Gasteiger partial charge in [0.1, 0.15) is 0 Å². The molecule has 0 amide bonds. The lowest BCUT2D eigenvalue weighted by atomic mass is 10.1. The molecular formula is C12H20N4. The third kappa shape index (κ3) is 2.18. The molecule has 1 saturated heterocycles. The second-order valence-corrected chi connectivity index (χ2v) is 4.48. The third-order valence-electron chi connectivity index (χ3n) is 3.20. The Kier molecular flexibility index (Phi) is 3.41. The zero-order valence-corrected chi connectivity index (χ0v) is 10.1. The lowest BCUT2D eigenvalue weighted by Crippen LogP contribution is -2.50. The van der Waals surface area contributed by atoms with E-state index in [4.69, 9.17) is 5.73 Å². The average molecular weight is 220 g/mol. The van der Waals surface area contributed by atoms with Gasteiger partial charge in [0.05, 0.1) is 11.4 Å². The molecule has 1 aromatic rings. The molecule has 1 unspecified atom stereocenters. The second kappa shape index (κ2) is 4.80. The van der Waals surface area contributed by atoms with Crippen molar-refractivity contribution in [1.82, 2.24) is 9.88 Å². The minimum atomic E-state index is 0.509. The van der Waals surface area contributed by atoms with Crippen LogP contribution in [0.2, 0.25) is 0 Å². The van der Waals surface area contributed by atoms with Crippen molar-refractivity contribution in [1.29, 1.82) is 0 Å².